The molecule has 0 radical (unpaired) electrons. The fourth-order valence-corrected chi connectivity index (χ4v) is 1.93. The minimum atomic E-state index is -4.52. The molecule has 0 saturated carbocycles. The van der Waals surface area contributed by atoms with E-state index < -0.39 is 24.3 Å². The lowest BCUT2D eigenvalue weighted by molar-refractivity contribution is -0.153. The van der Waals surface area contributed by atoms with Crippen LogP contribution in [0.3, 0.4) is 0 Å². The number of aromatic nitrogens is 1. The molecule has 2 aromatic rings. The number of rotatable bonds is 3. The number of thiazole rings is 1. The molecule has 1 aromatic carbocycles. The summed E-state index contributed by atoms with van der Waals surface area (Å²) in [4.78, 5) is 3.96. The summed E-state index contributed by atoms with van der Waals surface area (Å²) >= 11 is 1.18. The van der Waals surface area contributed by atoms with Crippen molar-refractivity contribution in [1.29, 1.82) is 0 Å². The maximum atomic E-state index is 13.3. The molecular weight excluding hydrogens is 284 g/mol. The fraction of sp³-hybridized carbons (Fsp3) is 0.182. The van der Waals surface area contributed by atoms with Crippen molar-refractivity contribution in [3.8, 4) is 17.0 Å². The smallest absolute Gasteiger partial charge is 0.422 e. The second-order valence-electron chi connectivity index (χ2n) is 3.62. The Balaban J connectivity index is 2.24. The SMILES string of the molecule is Nc1nc(-c2ccc(F)c(OCC(F)(F)F)c2)cs1. The molecule has 19 heavy (non-hydrogen) atoms. The average Bonchev–Trinajstić information content (AvgIpc) is 2.74. The molecule has 0 aliphatic carbocycles. The van der Waals surface area contributed by atoms with Crippen LogP contribution in [0.25, 0.3) is 11.3 Å². The summed E-state index contributed by atoms with van der Waals surface area (Å²) in [5, 5.41) is 1.94. The largest absolute Gasteiger partial charge is 0.481 e. The summed E-state index contributed by atoms with van der Waals surface area (Å²) < 4.78 is 53.8. The van der Waals surface area contributed by atoms with Gasteiger partial charge >= 0.3 is 6.18 Å². The number of nitrogen functional groups attached to an aromatic ring is 1. The first kappa shape index (κ1) is 13.6. The third-order valence-electron chi connectivity index (χ3n) is 2.14. The Morgan fingerprint density at radius 2 is 2.05 bits per heavy atom. The van der Waals surface area contributed by atoms with Crippen molar-refractivity contribution in [3.05, 3.63) is 29.4 Å². The van der Waals surface area contributed by atoms with E-state index in [-0.39, 0.29) is 0 Å². The number of alkyl halides is 3. The first-order valence-electron chi connectivity index (χ1n) is 5.05. The molecular formula is C11H8F4N2OS. The molecule has 2 rings (SSSR count). The Morgan fingerprint density at radius 1 is 1.32 bits per heavy atom. The molecule has 0 saturated heterocycles. The van der Waals surface area contributed by atoms with Crippen molar-refractivity contribution in [2.45, 2.75) is 6.18 Å². The number of nitrogens with two attached hydrogens (primary N) is 1. The van der Waals surface area contributed by atoms with Crippen LogP contribution in [0.15, 0.2) is 23.6 Å². The van der Waals surface area contributed by atoms with E-state index in [9.17, 15) is 17.6 Å². The summed E-state index contributed by atoms with van der Waals surface area (Å²) in [6.45, 7) is -1.55. The van der Waals surface area contributed by atoms with Crippen LogP contribution >= 0.6 is 11.3 Å². The molecule has 1 aromatic heterocycles. The maximum absolute atomic E-state index is 13.3. The van der Waals surface area contributed by atoms with Crippen LogP contribution in [0, 0.1) is 5.82 Å². The first-order valence-corrected chi connectivity index (χ1v) is 5.93. The lowest BCUT2D eigenvalue weighted by atomic mass is 10.1. The standard InChI is InChI=1S/C11H8F4N2OS/c12-7-2-1-6(8-4-19-10(16)17-8)3-9(7)18-5-11(13,14)15/h1-4H,5H2,(H2,16,17). The quantitative estimate of drug-likeness (QED) is 0.881. The number of ether oxygens (including phenoxy) is 1. The summed E-state index contributed by atoms with van der Waals surface area (Å²) in [5.41, 5.74) is 6.35. The molecule has 0 unspecified atom stereocenters. The van der Waals surface area contributed by atoms with E-state index >= 15 is 0 Å². The highest BCUT2D eigenvalue weighted by molar-refractivity contribution is 7.13. The Hall–Kier alpha value is -1.83. The summed E-state index contributed by atoms with van der Waals surface area (Å²) in [6, 6.07) is 3.58. The number of benzene rings is 1. The second-order valence-corrected chi connectivity index (χ2v) is 4.51. The van der Waals surface area contributed by atoms with E-state index in [1.807, 2.05) is 0 Å². The molecule has 8 heteroatoms. The van der Waals surface area contributed by atoms with Crippen LogP contribution in [-0.2, 0) is 0 Å². The van der Waals surface area contributed by atoms with Crippen LogP contribution < -0.4 is 10.5 Å². The third-order valence-corrected chi connectivity index (χ3v) is 2.81. The molecule has 0 bridgehead atoms. The van der Waals surface area contributed by atoms with E-state index in [4.69, 9.17) is 5.73 Å². The van der Waals surface area contributed by atoms with Gasteiger partial charge in [-0.1, -0.05) is 0 Å². The topological polar surface area (TPSA) is 48.1 Å². The van der Waals surface area contributed by atoms with Crippen molar-refractivity contribution < 1.29 is 22.3 Å². The zero-order valence-corrected chi connectivity index (χ0v) is 10.2. The van der Waals surface area contributed by atoms with Crippen LogP contribution in [-0.4, -0.2) is 17.8 Å². The lowest BCUT2D eigenvalue weighted by Crippen LogP contribution is -2.19. The van der Waals surface area contributed by atoms with Gasteiger partial charge in [0.1, 0.15) is 0 Å². The Morgan fingerprint density at radius 3 is 2.63 bits per heavy atom. The molecule has 2 N–H and O–H groups in total. The minimum absolute atomic E-state index is 0.317. The zero-order chi connectivity index (χ0) is 14.0. The van der Waals surface area contributed by atoms with Crippen LogP contribution in [0.2, 0.25) is 0 Å². The predicted octanol–water partition coefficient (Wildman–Crippen LogP) is 3.47. The van der Waals surface area contributed by atoms with E-state index in [0.29, 0.717) is 16.4 Å². The lowest BCUT2D eigenvalue weighted by Gasteiger charge is -2.10. The van der Waals surface area contributed by atoms with Gasteiger partial charge in [-0.25, -0.2) is 9.37 Å². The molecule has 0 amide bonds. The fourth-order valence-electron chi connectivity index (χ4n) is 1.35. The second kappa shape index (κ2) is 5.04. The Bertz CT molecular complexity index is 582. The van der Waals surface area contributed by atoms with Gasteiger partial charge in [0.25, 0.3) is 0 Å². The van der Waals surface area contributed by atoms with E-state index in [2.05, 4.69) is 9.72 Å². The number of anilines is 1. The van der Waals surface area contributed by atoms with Crippen LogP contribution in [0.5, 0.6) is 5.75 Å². The van der Waals surface area contributed by atoms with Gasteiger partial charge in [-0.3, -0.25) is 0 Å². The van der Waals surface area contributed by atoms with E-state index in [1.165, 1.54) is 17.4 Å². The molecule has 102 valence electrons. The van der Waals surface area contributed by atoms with Crippen molar-refractivity contribution in [2.75, 3.05) is 12.3 Å². The van der Waals surface area contributed by atoms with Gasteiger partial charge in [-0.2, -0.15) is 13.2 Å². The molecule has 0 aliphatic rings. The van der Waals surface area contributed by atoms with Gasteiger partial charge in [0.2, 0.25) is 0 Å². The zero-order valence-electron chi connectivity index (χ0n) is 9.37. The molecule has 1 heterocycles. The highest BCUT2D eigenvalue weighted by Crippen LogP contribution is 2.29. The van der Waals surface area contributed by atoms with Crippen LogP contribution in [0.1, 0.15) is 0 Å². The summed E-state index contributed by atoms with van der Waals surface area (Å²) in [7, 11) is 0. The highest BCUT2D eigenvalue weighted by Gasteiger charge is 2.29. The van der Waals surface area contributed by atoms with E-state index in [0.717, 1.165) is 12.1 Å². The third kappa shape index (κ3) is 3.57. The molecule has 0 fully saturated rings. The maximum Gasteiger partial charge on any atom is 0.422 e. The number of nitrogens with zero attached hydrogens (tertiary/aromatic N) is 1. The average molecular weight is 292 g/mol. The molecule has 3 nitrogen and oxygen atoms in total. The summed E-state index contributed by atoms with van der Waals surface area (Å²) in [6.07, 6.45) is -4.52. The van der Waals surface area contributed by atoms with Crippen LogP contribution in [0.4, 0.5) is 22.7 Å². The highest BCUT2D eigenvalue weighted by atomic mass is 32.1. The molecule has 0 aliphatic heterocycles. The van der Waals surface area contributed by atoms with Crippen molar-refractivity contribution in [2.24, 2.45) is 0 Å². The predicted molar refractivity (Wildman–Crippen MR) is 63.5 cm³/mol. The molecule has 0 atom stereocenters. The monoisotopic (exact) mass is 292 g/mol. The van der Waals surface area contributed by atoms with Crippen molar-refractivity contribution in [3.63, 3.8) is 0 Å². The van der Waals surface area contributed by atoms with Gasteiger partial charge in [-0.15, -0.1) is 11.3 Å². The van der Waals surface area contributed by atoms with Gasteiger partial charge < -0.3 is 10.5 Å². The normalized spacial score (nSPS) is 11.6. The van der Waals surface area contributed by atoms with Gasteiger partial charge in [-0.05, 0) is 18.2 Å². The first-order chi connectivity index (χ1) is 8.85. The van der Waals surface area contributed by atoms with Gasteiger partial charge in [0, 0.05) is 10.9 Å². The van der Waals surface area contributed by atoms with Crippen molar-refractivity contribution >= 4 is 16.5 Å². The Labute approximate surface area is 109 Å². The minimum Gasteiger partial charge on any atom is -0.481 e. The Kier molecular flexibility index (Phi) is 3.61. The number of halogens is 4. The van der Waals surface area contributed by atoms with Gasteiger partial charge in [0.15, 0.2) is 23.3 Å². The summed E-state index contributed by atoms with van der Waals surface area (Å²) in [5.74, 6) is -1.34. The van der Waals surface area contributed by atoms with Gasteiger partial charge in [0.05, 0.1) is 5.69 Å². The number of hydrogen-bond acceptors (Lipinski definition) is 4. The molecule has 0 spiro atoms. The van der Waals surface area contributed by atoms with Crippen molar-refractivity contribution in [1.82, 2.24) is 4.98 Å². The number of hydrogen-bond donors (Lipinski definition) is 1. The van der Waals surface area contributed by atoms with E-state index in [1.54, 1.807) is 5.38 Å².